The summed E-state index contributed by atoms with van der Waals surface area (Å²) in [5.41, 5.74) is 5.68. The van der Waals surface area contributed by atoms with Crippen molar-refractivity contribution < 1.29 is 4.84 Å². The fraction of sp³-hybridized carbons (Fsp3) is 1.00. The molecule has 0 aromatic heterocycles. The van der Waals surface area contributed by atoms with Crippen molar-refractivity contribution in [2.24, 2.45) is 0 Å². The molecule has 0 rings (SSSR count). The molecule has 0 bridgehead atoms. The molecule has 0 unspecified atom stereocenters. The van der Waals surface area contributed by atoms with E-state index in [4.69, 9.17) is 4.84 Å². The first-order chi connectivity index (χ1) is 10.9. The van der Waals surface area contributed by atoms with Crippen LogP contribution >= 0.6 is 0 Å². The van der Waals surface area contributed by atoms with Crippen LogP contribution < -0.4 is 5.48 Å². The average molecular weight is 344 g/mol. The monoisotopic (exact) mass is 343 g/mol. The van der Waals surface area contributed by atoms with Gasteiger partial charge < -0.3 is 4.84 Å². The topological polar surface area (TPSA) is 21.3 Å². The molecule has 0 aromatic carbocycles. The van der Waals surface area contributed by atoms with Crippen LogP contribution in [0, 0.1) is 0 Å². The molecular weight excluding hydrogens is 298 g/mol. The van der Waals surface area contributed by atoms with Gasteiger partial charge in [-0.05, 0) is 12.5 Å². The van der Waals surface area contributed by atoms with Crippen LogP contribution in [-0.4, -0.2) is 21.2 Å². The number of hydroxylamine groups is 1. The van der Waals surface area contributed by atoms with E-state index in [1.165, 1.54) is 51.0 Å². The van der Waals surface area contributed by atoms with E-state index in [-0.39, 0.29) is 0 Å². The Morgan fingerprint density at radius 3 is 1.70 bits per heavy atom. The van der Waals surface area contributed by atoms with Crippen molar-refractivity contribution in [2.45, 2.75) is 116 Å². The molecule has 0 aliphatic heterocycles. The summed E-state index contributed by atoms with van der Waals surface area (Å²) in [6, 6.07) is 1.28. The van der Waals surface area contributed by atoms with Crippen molar-refractivity contribution in [1.29, 1.82) is 0 Å². The summed E-state index contributed by atoms with van der Waals surface area (Å²) in [5, 5.41) is 0. The zero-order valence-electron chi connectivity index (χ0n) is 17.2. The van der Waals surface area contributed by atoms with Gasteiger partial charge in [0.1, 0.15) is 0 Å². The van der Waals surface area contributed by atoms with Crippen molar-refractivity contribution in [2.75, 3.05) is 13.2 Å². The molecular formula is C20H45NOSi. The van der Waals surface area contributed by atoms with Crippen molar-refractivity contribution in [3.8, 4) is 0 Å². The number of hydrogen-bond acceptors (Lipinski definition) is 2. The second-order valence-electron chi connectivity index (χ2n) is 8.19. The normalized spacial score (nSPS) is 12.8. The molecule has 3 heteroatoms. The minimum Gasteiger partial charge on any atom is -0.302 e. The standard InChI is InChI=1S/C20H45NOSi/c1-8-9-10-11-12-13-14-15-21-22-16-17-23(18(2)3,19(4)5)20(6)7/h18-21H,8-17H2,1-7H3. The Balaban J connectivity index is 3.80. The van der Waals surface area contributed by atoms with E-state index >= 15 is 0 Å². The van der Waals surface area contributed by atoms with Crippen molar-refractivity contribution in [1.82, 2.24) is 5.48 Å². The van der Waals surface area contributed by atoms with E-state index < -0.39 is 8.07 Å². The number of hydrogen-bond donors (Lipinski definition) is 1. The highest BCUT2D eigenvalue weighted by atomic mass is 28.3. The molecule has 0 radical (unpaired) electrons. The Bertz CT molecular complexity index is 245. The summed E-state index contributed by atoms with van der Waals surface area (Å²) < 4.78 is 0. The lowest BCUT2D eigenvalue weighted by molar-refractivity contribution is 0.0490. The van der Waals surface area contributed by atoms with Crippen LogP contribution in [0.5, 0.6) is 0 Å². The molecule has 0 heterocycles. The van der Waals surface area contributed by atoms with Crippen molar-refractivity contribution in [3.63, 3.8) is 0 Å². The van der Waals surface area contributed by atoms with Crippen LogP contribution in [0.25, 0.3) is 0 Å². The van der Waals surface area contributed by atoms with Gasteiger partial charge in [0.2, 0.25) is 0 Å². The molecule has 140 valence electrons. The van der Waals surface area contributed by atoms with E-state index in [0.717, 1.165) is 29.8 Å². The van der Waals surface area contributed by atoms with Crippen LogP contribution in [0.4, 0.5) is 0 Å². The van der Waals surface area contributed by atoms with E-state index in [0.29, 0.717) is 0 Å². The van der Waals surface area contributed by atoms with Gasteiger partial charge in [0.15, 0.2) is 0 Å². The fourth-order valence-electron chi connectivity index (χ4n) is 4.39. The van der Waals surface area contributed by atoms with Crippen molar-refractivity contribution >= 4 is 8.07 Å². The smallest absolute Gasteiger partial charge is 0.0659 e. The number of nitrogens with one attached hydrogen (secondary N) is 1. The van der Waals surface area contributed by atoms with E-state index in [1.54, 1.807) is 0 Å². The molecule has 1 N–H and O–H groups in total. The Hall–Kier alpha value is 0.137. The maximum absolute atomic E-state index is 5.77. The number of unbranched alkanes of at least 4 members (excludes halogenated alkanes) is 6. The summed E-state index contributed by atoms with van der Waals surface area (Å²) in [6.07, 6.45) is 9.51. The predicted octanol–water partition coefficient (Wildman–Crippen LogP) is 6.94. The third kappa shape index (κ3) is 8.69. The van der Waals surface area contributed by atoms with Crippen LogP contribution in [0.3, 0.4) is 0 Å². The zero-order chi connectivity index (χ0) is 17.7. The lowest BCUT2D eigenvalue weighted by Gasteiger charge is -2.43. The van der Waals surface area contributed by atoms with E-state index in [9.17, 15) is 0 Å². The first kappa shape index (κ1) is 23.1. The summed E-state index contributed by atoms with van der Waals surface area (Å²) in [7, 11) is -1.29. The third-order valence-electron chi connectivity index (χ3n) is 5.85. The maximum Gasteiger partial charge on any atom is 0.0659 e. The maximum atomic E-state index is 5.77. The average Bonchev–Trinajstić information content (AvgIpc) is 2.47. The molecule has 0 aliphatic carbocycles. The van der Waals surface area contributed by atoms with E-state index in [1.807, 2.05) is 0 Å². The van der Waals surface area contributed by atoms with Gasteiger partial charge in [0, 0.05) is 6.54 Å². The molecule has 0 saturated carbocycles. The van der Waals surface area contributed by atoms with Crippen LogP contribution in [0.2, 0.25) is 22.7 Å². The highest BCUT2D eigenvalue weighted by molar-refractivity contribution is 6.83. The Morgan fingerprint density at radius 2 is 1.22 bits per heavy atom. The van der Waals surface area contributed by atoms with E-state index in [2.05, 4.69) is 53.9 Å². The third-order valence-corrected chi connectivity index (χ3v) is 13.4. The quantitative estimate of drug-likeness (QED) is 0.197. The first-order valence-corrected chi connectivity index (χ1v) is 12.7. The fourth-order valence-corrected chi connectivity index (χ4v) is 10.6. The Labute approximate surface area is 148 Å². The van der Waals surface area contributed by atoms with Gasteiger partial charge in [-0.3, -0.25) is 0 Å². The highest BCUT2D eigenvalue weighted by Crippen LogP contribution is 2.44. The molecule has 0 fully saturated rings. The predicted molar refractivity (Wildman–Crippen MR) is 108 cm³/mol. The highest BCUT2D eigenvalue weighted by Gasteiger charge is 2.41. The Morgan fingerprint density at radius 1 is 0.739 bits per heavy atom. The summed E-state index contributed by atoms with van der Waals surface area (Å²) >= 11 is 0. The van der Waals surface area contributed by atoms with Crippen molar-refractivity contribution in [3.05, 3.63) is 0 Å². The number of rotatable bonds is 15. The lowest BCUT2D eigenvalue weighted by Crippen LogP contribution is -2.45. The molecule has 0 spiro atoms. The molecule has 0 amide bonds. The van der Waals surface area contributed by atoms with Gasteiger partial charge in [-0.25, -0.2) is 5.48 Å². The molecule has 0 atom stereocenters. The lowest BCUT2D eigenvalue weighted by atomic mass is 10.1. The van der Waals surface area contributed by atoms with Gasteiger partial charge in [-0.2, -0.15) is 0 Å². The van der Waals surface area contributed by atoms with Gasteiger partial charge in [-0.1, -0.05) is 104 Å². The van der Waals surface area contributed by atoms with Crippen LogP contribution in [0.15, 0.2) is 0 Å². The minimum atomic E-state index is -1.29. The molecule has 23 heavy (non-hydrogen) atoms. The molecule has 2 nitrogen and oxygen atoms in total. The molecule has 0 aromatic rings. The summed E-state index contributed by atoms with van der Waals surface area (Å²) in [5.74, 6) is 0. The second-order valence-corrected chi connectivity index (χ2v) is 14.4. The van der Waals surface area contributed by atoms with Gasteiger partial charge >= 0.3 is 0 Å². The SMILES string of the molecule is CCCCCCCCCNOCC[Si](C(C)C)(C(C)C)C(C)C. The zero-order valence-corrected chi connectivity index (χ0v) is 18.2. The first-order valence-electron chi connectivity index (χ1n) is 10.2. The minimum absolute atomic E-state index is 0.828. The van der Waals surface area contributed by atoms with Gasteiger partial charge in [0.05, 0.1) is 14.7 Å². The molecule has 0 aliphatic rings. The second kappa shape index (κ2) is 13.4. The molecule has 0 saturated heterocycles. The van der Waals surface area contributed by atoms with Crippen LogP contribution in [-0.2, 0) is 4.84 Å². The Kier molecular flexibility index (Phi) is 13.5. The van der Waals surface area contributed by atoms with Gasteiger partial charge in [-0.15, -0.1) is 0 Å². The van der Waals surface area contributed by atoms with Crippen LogP contribution in [0.1, 0.15) is 93.4 Å². The summed E-state index contributed by atoms with van der Waals surface area (Å²) in [4.78, 5) is 5.77. The van der Waals surface area contributed by atoms with Gasteiger partial charge in [0.25, 0.3) is 0 Å². The summed E-state index contributed by atoms with van der Waals surface area (Å²) in [6.45, 7) is 18.7. The largest absolute Gasteiger partial charge is 0.302 e.